The van der Waals surface area contributed by atoms with Crippen molar-refractivity contribution >= 4 is 22.8 Å². The maximum absolute atomic E-state index is 12.2. The third-order valence-electron chi connectivity index (χ3n) is 3.47. The number of carbonyl (C=O) groups excluding carboxylic acids is 2. The highest BCUT2D eigenvalue weighted by molar-refractivity contribution is 6.01. The van der Waals surface area contributed by atoms with Crippen molar-refractivity contribution in [2.45, 2.75) is 6.92 Å². The van der Waals surface area contributed by atoms with Crippen LogP contribution in [0.25, 0.3) is 11.0 Å². The minimum Gasteiger partial charge on any atom is -0.508 e. The van der Waals surface area contributed by atoms with E-state index in [9.17, 15) is 14.7 Å². The van der Waals surface area contributed by atoms with Crippen molar-refractivity contribution < 1.29 is 19.1 Å². The molecule has 0 aliphatic rings. The van der Waals surface area contributed by atoms with Crippen LogP contribution in [0.3, 0.4) is 0 Å². The van der Waals surface area contributed by atoms with Crippen LogP contribution in [0, 0.1) is 6.92 Å². The van der Waals surface area contributed by atoms with E-state index < -0.39 is 11.8 Å². The van der Waals surface area contributed by atoms with Gasteiger partial charge >= 0.3 is 5.91 Å². The van der Waals surface area contributed by atoms with Gasteiger partial charge in [0, 0.05) is 16.5 Å². The number of aromatic hydroxyl groups is 1. The summed E-state index contributed by atoms with van der Waals surface area (Å²) in [6.07, 6.45) is 0. The lowest BCUT2D eigenvalue weighted by Crippen LogP contribution is -2.41. The van der Waals surface area contributed by atoms with Gasteiger partial charge in [0.05, 0.1) is 0 Å². The summed E-state index contributed by atoms with van der Waals surface area (Å²) < 4.78 is 5.52. The minimum atomic E-state index is -0.536. The smallest absolute Gasteiger partial charge is 0.305 e. The van der Waals surface area contributed by atoms with E-state index in [0.717, 1.165) is 5.39 Å². The highest BCUT2D eigenvalue weighted by Gasteiger charge is 2.18. The molecule has 0 spiro atoms. The predicted molar refractivity (Wildman–Crippen MR) is 84.0 cm³/mol. The number of phenolic OH excluding ortho intramolecular Hbond substituents is 1. The molecule has 1 heterocycles. The first kappa shape index (κ1) is 14.6. The molecule has 0 saturated carbocycles. The molecule has 0 bridgehead atoms. The second kappa shape index (κ2) is 5.84. The van der Waals surface area contributed by atoms with Crippen molar-refractivity contribution in [1.29, 1.82) is 0 Å². The predicted octanol–water partition coefficient (Wildman–Crippen LogP) is 2.52. The Morgan fingerprint density at radius 2 is 1.61 bits per heavy atom. The Morgan fingerprint density at radius 3 is 2.30 bits per heavy atom. The fourth-order valence-electron chi connectivity index (χ4n) is 2.25. The first-order valence-corrected chi connectivity index (χ1v) is 6.94. The number of nitrogens with one attached hydrogen (secondary N) is 2. The summed E-state index contributed by atoms with van der Waals surface area (Å²) in [4.78, 5) is 24.1. The minimum absolute atomic E-state index is 0.0588. The van der Waals surface area contributed by atoms with Gasteiger partial charge in [-0.2, -0.15) is 0 Å². The van der Waals surface area contributed by atoms with Gasteiger partial charge < -0.3 is 9.52 Å². The van der Waals surface area contributed by atoms with Crippen LogP contribution in [0.1, 0.15) is 26.5 Å². The number of benzene rings is 2. The zero-order valence-corrected chi connectivity index (χ0v) is 12.3. The lowest BCUT2D eigenvalue weighted by Gasteiger charge is -2.06. The molecule has 0 unspecified atom stereocenters. The molecule has 3 aromatic rings. The number of amides is 2. The Balaban J connectivity index is 1.72. The van der Waals surface area contributed by atoms with Crippen LogP contribution in [0.15, 0.2) is 52.9 Å². The molecule has 1 aromatic heterocycles. The summed E-state index contributed by atoms with van der Waals surface area (Å²) in [7, 11) is 0. The van der Waals surface area contributed by atoms with Crippen LogP contribution in [0.4, 0.5) is 0 Å². The zero-order chi connectivity index (χ0) is 16.4. The molecule has 0 radical (unpaired) electrons. The van der Waals surface area contributed by atoms with Crippen LogP contribution < -0.4 is 10.9 Å². The Kier molecular flexibility index (Phi) is 3.72. The van der Waals surface area contributed by atoms with Crippen molar-refractivity contribution in [2.24, 2.45) is 0 Å². The maximum Gasteiger partial charge on any atom is 0.305 e. The topological polar surface area (TPSA) is 91.6 Å². The van der Waals surface area contributed by atoms with Crippen LogP contribution in [-0.4, -0.2) is 16.9 Å². The number of hydrogen-bond donors (Lipinski definition) is 3. The van der Waals surface area contributed by atoms with Gasteiger partial charge in [0.1, 0.15) is 11.3 Å². The van der Waals surface area contributed by atoms with Crippen LogP contribution in [-0.2, 0) is 0 Å². The summed E-state index contributed by atoms with van der Waals surface area (Å²) in [5.41, 5.74) is 6.25. The number of hydrogen-bond acceptors (Lipinski definition) is 4. The summed E-state index contributed by atoms with van der Waals surface area (Å²) in [5.74, 6) is -0.821. The molecule has 0 fully saturated rings. The van der Waals surface area contributed by atoms with Crippen molar-refractivity contribution in [1.82, 2.24) is 10.9 Å². The van der Waals surface area contributed by atoms with Gasteiger partial charge in [-0.05, 0) is 37.3 Å². The maximum atomic E-state index is 12.2. The first-order valence-electron chi connectivity index (χ1n) is 6.94. The number of para-hydroxylation sites is 1. The molecule has 2 aromatic carbocycles. The van der Waals surface area contributed by atoms with E-state index in [1.54, 1.807) is 13.0 Å². The molecular formula is C17H14N2O4. The molecule has 6 nitrogen and oxygen atoms in total. The average Bonchev–Trinajstić information content (AvgIpc) is 2.90. The van der Waals surface area contributed by atoms with Gasteiger partial charge in [-0.15, -0.1) is 0 Å². The van der Waals surface area contributed by atoms with E-state index in [1.807, 2.05) is 18.2 Å². The molecule has 0 aliphatic heterocycles. The Labute approximate surface area is 131 Å². The van der Waals surface area contributed by atoms with E-state index in [-0.39, 0.29) is 11.5 Å². The fourth-order valence-corrected chi connectivity index (χ4v) is 2.25. The van der Waals surface area contributed by atoms with E-state index in [2.05, 4.69) is 10.9 Å². The number of hydrazine groups is 1. The van der Waals surface area contributed by atoms with Gasteiger partial charge in [0.25, 0.3) is 5.91 Å². The van der Waals surface area contributed by atoms with E-state index in [0.29, 0.717) is 16.7 Å². The normalized spacial score (nSPS) is 10.5. The van der Waals surface area contributed by atoms with Crippen molar-refractivity contribution in [3.63, 3.8) is 0 Å². The standard InChI is InChI=1S/C17H14N2O4/c1-10-13-4-2-3-5-14(13)23-15(10)17(22)19-18-16(21)11-6-8-12(20)9-7-11/h2-9,20H,1H3,(H,18,21)(H,19,22). The third kappa shape index (κ3) is 2.87. The summed E-state index contributed by atoms with van der Waals surface area (Å²) in [6.45, 7) is 1.78. The lowest BCUT2D eigenvalue weighted by atomic mass is 10.1. The Bertz CT molecular complexity index is 881. The Morgan fingerprint density at radius 1 is 0.957 bits per heavy atom. The van der Waals surface area contributed by atoms with E-state index in [4.69, 9.17) is 4.42 Å². The molecular weight excluding hydrogens is 296 g/mol. The van der Waals surface area contributed by atoms with Crippen molar-refractivity contribution in [2.75, 3.05) is 0 Å². The Hall–Kier alpha value is -3.28. The molecule has 0 saturated heterocycles. The third-order valence-corrected chi connectivity index (χ3v) is 3.47. The molecule has 2 amide bonds. The molecule has 0 aliphatic carbocycles. The monoisotopic (exact) mass is 310 g/mol. The molecule has 0 atom stereocenters. The number of carbonyl (C=O) groups is 2. The van der Waals surface area contributed by atoms with E-state index >= 15 is 0 Å². The highest BCUT2D eigenvalue weighted by atomic mass is 16.3. The van der Waals surface area contributed by atoms with Gasteiger partial charge in [-0.25, -0.2) is 0 Å². The lowest BCUT2D eigenvalue weighted by molar-refractivity contribution is 0.0831. The van der Waals surface area contributed by atoms with Crippen LogP contribution in [0.2, 0.25) is 0 Å². The fraction of sp³-hybridized carbons (Fsp3) is 0.0588. The second-order valence-electron chi connectivity index (χ2n) is 5.01. The van der Waals surface area contributed by atoms with Crippen LogP contribution >= 0.6 is 0 Å². The second-order valence-corrected chi connectivity index (χ2v) is 5.01. The number of phenols is 1. The average molecular weight is 310 g/mol. The summed E-state index contributed by atoms with van der Waals surface area (Å²) in [5, 5.41) is 10.0. The van der Waals surface area contributed by atoms with Crippen molar-refractivity contribution in [3.8, 4) is 5.75 Å². The SMILES string of the molecule is Cc1c(C(=O)NNC(=O)c2ccc(O)cc2)oc2ccccc12. The molecule has 3 rings (SSSR count). The molecule has 3 N–H and O–H groups in total. The van der Waals surface area contributed by atoms with Gasteiger partial charge in [-0.1, -0.05) is 18.2 Å². The first-order chi connectivity index (χ1) is 11.1. The number of fused-ring (bicyclic) bond motifs is 1. The summed E-state index contributed by atoms with van der Waals surface area (Å²) >= 11 is 0. The summed E-state index contributed by atoms with van der Waals surface area (Å²) in [6, 6.07) is 13.0. The van der Waals surface area contributed by atoms with Gasteiger partial charge in [-0.3, -0.25) is 20.4 Å². The molecule has 116 valence electrons. The molecule has 6 heteroatoms. The van der Waals surface area contributed by atoms with Crippen LogP contribution in [0.5, 0.6) is 5.75 Å². The van der Waals surface area contributed by atoms with E-state index in [1.165, 1.54) is 24.3 Å². The zero-order valence-electron chi connectivity index (χ0n) is 12.3. The van der Waals surface area contributed by atoms with Gasteiger partial charge in [0.15, 0.2) is 5.76 Å². The number of aryl methyl sites for hydroxylation is 1. The number of rotatable bonds is 2. The van der Waals surface area contributed by atoms with Gasteiger partial charge in [0.2, 0.25) is 0 Å². The quantitative estimate of drug-likeness (QED) is 0.634. The number of furan rings is 1. The largest absolute Gasteiger partial charge is 0.508 e. The molecule has 23 heavy (non-hydrogen) atoms. The highest BCUT2D eigenvalue weighted by Crippen LogP contribution is 2.24. The van der Waals surface area contributed by atoms with Crippen molar-refractivity contribution in [3.05, 3.63) is 65.4 Å².